The molecule has 0 aromatic heterocycles. The number of hydrogen-bond acceptors (Lipinski definition) is 3. The largest absolute Gasteiger partial charge is 0.384 e. The van der Waals surface area contributed by atoms with Crippen molar-refractivity contribution >= 4 is 0 Å². The molecule has 0 aromatic carbocycles. The molecule has 0 aromatic rings. The summed E-state index contributed by atoms with van der Waals surface area (Å²) in [5.74, 6) is 0. The van der Waals surface area contributed by atoms with Crippen LogP contribution in [0, 0.1) is 5.41 Å². The van der Waals surface area contributed by atoms with Crippen LogP contribution in [0.1, 0.15) is 33.1 Å². The topological polar surface area (TPSA) is 21.7 Å². The minimum Gasteiger partial charge on any atom is -0.384 e. The van der Waals surface area contributed by atoms with Crippen LogP contribution in [0.15, 0.2) is 0 Å². The van der Waals surface area contributed by atoms with Crippen molar-refractivity contribution in [2.24, 2.45) is 5.41 Å². The zero-order valence-electron chi connectivity index (χ0n) is 11.1. The Morgan fingerprint density at radius 3 is 2.19 bits per heavy atom. The van der Waals surface area contributed by atoms with E-state index < -0.39 is 0 Å². The lowest BCUT2D eigenvalue weighted by Crippen LogP contribution is -2.54. The standard InChI is InChI=1S/C11H21NO2.C2H6/c1-13-8-11(9-14-10-11)7-12-5-3-2-4-6-12;1-2/h2-10H2,1H3;1-2H3. The summed E-state index contributed by atoms with van der Waals surface area (Å²) < 4.78 is 10.6. The molecule has 2 fully saturated rings. The molecule has 0 aliphatic carbocycles. The number of methoxy groups -OCH3 is 1. The maximum atomic E-state index is 5.33. The van der Waals surface area contributed by atoms with Crippen molar-refractivity contribution in [1.82, 2.24) is 4.90 Å². The first-order chi connectivity index (χ1) is 7.85. The van der Waals surface area contributed by atoms with Gasteiger partial charge in [0, 0.05) is 13.7 Å². The molecular formula is C13H27NO2. The Balaban J connectivity index is 0.000000606. The molecule has 2 saturated heterocycles. The SMILES string of the molecule is CC.COCC1(CN2CCCCC2)COC1. The molecule has 0 bridgehead atoms. The maximum absolute atomic E-state index is 5.33. The van der Waals surface area contributed by atoms with Gasteiger partial charge < -0.3 is 14.4 Å². The van der Waals surface area contributed by atoms with Crippen molar-refractivity contribution in [1.29, 1.82) is 0 Å². The molecule has 3 heteroatoms. The first-order valence-electron chi connectivity index (χ1n) is 6.64. The second-order valence-corrected chi connectivity index (χ2v) is 4.76. The predicted octanol–water partition coefficient (Wildman–Crippen LogP) is 2.16. The van der Waals surface area contributed by atoms with E-state index in [1.807, 2.05) is 13.8 Å². The van der Waals surface area contributed by atoms with Gasteiger partial charge in [-0.05, 0) is 25.9 Å². The average Bonchev–Trinajstić information content (AvgIpc) is 2.30. The Morgan fingerprint density at radius 2 is 1.75 bits per heavy atom. The second-order valence-electron chi connectivity index (χ2n) is 4.76. The van der Waals surface area contributed by atoms with E-state index in [1.165, 1.54) is 38.9 Å². The van der Waals surface area contributed by atoms with Crippen LogP contribution in [0.25, 0.3) is 0 Å². The van der Waals surface area contributed by atoms with E-state index in [4.69, 9.17) is 9.47 Å². The van der Waals surface area contributed by atoms with Gasteiger partial charge in [-0.15, -0.1) is 0 Å². The lowest BCUT2D eigenvalue weighted by Gasteiger charge is -2.44. The fraction of sp³-hybridized carbons (Fsp3) is 1.00. The fourth-order valence-corrected chi connectivity index (χ4v) is 2.51. The van der Waals surface area contributed by atoms with Gasteiger partial charge in [0.2, 0.25) is 0 Å². The Morgan fingerprint density at radius 1 is 1.12 bits per heavy atom. The first kappa shape index (κ1) is 13.9. The fourth-order valence-electron chi connectivity index (χ4n) is 2.51. The third-order valence-corrected chi connectivity index (χ3v) is 3.27. The molecule has 0 atom stereocenters. The van der Waals surface area contributed by atoms with E-state index in [0.717, 1.165) is 19.8 Å². The minimum atomic E-state index is 0.312. The smallest absolute Gasteiger partial charge is 0.0579 e. The van der Waals surface area contributed by atoms with Gasteiger partial charge in [-0.2, -0.15) is 0 Å². The van der Waals surface area contributed by atoms with Gasteiger partial charge in [-0.25, -0.2) is 0 Å². The lowest BCUT2D eigenvalue weighted by molar-refractivity contribution is -0.155. The minimum absolute atomic E-state index is 0.312. The van der Waals surface area contributed by atoms with Crippen molar-refractivity contribution < 1.29 is 9.47 Å². The number of ether oxygens (including phenoxy) is 2. The number of piperidine rings is 1. The molecule has 0 unspecified atom stereocenters. The normalized spacial score (nSPS) is 24.2. The van der Waals surface area contributed by atoms with E-state index in [1.54, 1.807) is 7.11 Å². The van der Waals surface area contributed by atoms with Gasteiger partial charge >= 0.3 is 0 Å². The first-order valence-corrected chi connectivity index (χ1v) is 6.64. The molecule has 96 valence electrons. The zero-order chi connectivity index (χ0) is 11.9. The number of nitrogens with zero attached hydrogens (tertiary/aromatic N) is 1. The molecule has 0 spiro atoms. The molecule has 0 saturated carbocycles. The van der Waals surface area contributed by atoms with Crippen molar-refractivity contribution in [2.75, 3.05) is 46.6 Å². The second kappa shape index (κ2) is 7.25. The molecule has 0 amide bonds. The molecule has 2 aliphatic heterocycles. The summed E-state index contributed by atoms with van der Waals surface area (Å²) in [5, 5.41) is 0. The third kappa shape index (κ3) is 3.72. The highest BCUT2D eigenvalue weighted by Gasteiger charge is 2.40. The predicted molar refractivity (Wildman–Crippen MR) is 66.8 cm³/mol. The van der Waals surface area contributed by atoms with Crippen LogP contribution >= 0.6 is 0 Å². The summed E-state index contributed by atoms with van der Waals surface area (Å²) in [7, 11) is 1.79. The molecule has 2 aliphatic rings. The van der Waals surface area contributed by atoms with Gasteiger partial charge in [0.15, 0.2) is 0 Å². The van der Waals surface area contributed by atoms with Gasteiger partial charge in [0.25, 0.3) is 0 Å². The zero-order valence-corrected chi connectivity index (χ0v) is 11.1. The van der Waals surface area contributed by atoms with Gasteiger partial charge in [-0.3, -0.25) is 0 Å². The highest BCUT2D eigenvalue weighted by Crippen LogP contribution is 2.29. The van der Waals surface area contributed by atoms with E-state index >= 15 is 0 Å². The van der Waals surface area contributed by atoms with Crippen LogP contribution in [0.4, 0.5) is 0 Å². The summed E-state index contributed by atoms with van der Waals surface area (Å²) in [4.78, 5) is 2.57. The lowest BCUT2D eigenvalue weighted by atomic mass is 9.86. The van der Waals surface area contributed by atoms with E-state index in [2.05, 4.69) is 4.90 Å². The highest BCUT2D eigenvalue weighted by molar-refractivity contribution is 4.89. The Labute approximate surface area is 100 Å². The van der Waals surface area contributed by atoms with Gasteiger partial charge in [-0.1, -0.05) is 20.3 Å². The molecule has 3 nitrogen and oxygen atoms in total. The summed E-state index contributed by atoms with van der Waals surface area (Å²) >= 11 is 0. The average molecular weight is 229 g/mol. The molecule has 0 radical (unpaired) electrons. The van der Waals surface area contributed by atoms with Crippen LogP contribution < -0.4 is 0 Å². The number of hydrogen-bond donors (Lipinski definition) is 0. The van der Waals surface area contributed by atoms with Crippen LogP contribution in [0.5, 0.6) is 0 Å². The number of likely N-dealkylation sites (tertiary alicyclic amines) is 1. The molecule has 0 N–H and O–H groups in total. The van der Waals surface area contributed by atoms with Crippen LogP contribution in [-0.4, -0.2) is 51.5 Å². The number of rotatable bonds is 4. The van der Waals surface area contributed by atoms with Crippen LogP contribution in [-0.2, 0) is 9.47 Å². The van der Waals surface area contributed by atoms with E-state index in [0.29, 0.717) is 5.41 Å². The van der Waals surface area contributed by atoms with Crippen molar-refractivity contribution in [2.45, 2.75) is 33.1 Å². The van der Waals surface area contributed by atoms with Crippen molar-refractivity contribution in [3.8, 4) is 0 Å². The Bertz CT molecular complexity index is 175. The molecular weight excluding hydrogens is 202 g/mol. The van der Waals surface area contributed by atoms with Gasteiger partial charge in [0.1, 0.15) is 0 Å². The quantitative estimate of drug-likeness (QED) is 0.737. The molecule has 2 rings (SSSR count). The maximum Gasteiger partial charge on any atom is 0.0579 e. The molecule has 2 heterocycles. The van der Waals surface area contributed by atoms with Gasteiger partial charge in [0.05, 0.1) is 25.2 Å². The van der Waals surface area contributed by atoms with Crippen molar-refractivity contribution in [3.05, 3.63) is 0 Å². The summed E-state index contributed by atoms with van der Waals surface area (Å²) in [5.41, 5.74) is 0.312. The monoisotopic (exact) mass is 229 g/mol. The summed E-state index contributed by atoms with van der Waals surface area (Å²) in [6.07, 6.45) is 4.14. The van der Waals surface area contributed by atoms with E-state index in [-0.39, 0.29) is 0 Å². The van der Waals surface area contributed by atoms with E-state index in [9.17, 15) is 0 Å². The third-order valence-electron chi connectivity index (χ3n) is 3.27. The van der Waals surface area contributed by atoms with Crippen LogP contribution in [0.2, 0.25) is 0 Å². The van der Waals surface area contributed by atoms with Crippen molar-refractivity contribution in [3.63, 3.8) is 0 Å². The van der Waals surface area contributed by atoms with Crippen LogP contribution in [0.3, 0.4) is 0 Å². The molecule has 16 heavy (non-hydrogen) atoms. The highest BCUT2D eigenvalue weighted by atomic mass is 16.5. The Kier molecular flexibility index (Phi) is 6.32. The summed E-state index contributed by atoms with van der Waals surface area (Å²) in [6.45, 7) is 10.3. The Hall–Kier alpha value is -0.120. The summed E-state index contributed by atoms with van der Waals surface area (Å²) in [6, 6.07) is 0.